The highest BCUT2D eigenvalue weighted by molar-refractivity contribution is 6.33. The minimum Gasteiger partial charge on any atom is -0.389 e. The molecular weight excluding hydrogens is 240 g/mol. The maximum absolute atomic E-state index is 9.56. The Balaban J connectivity index is 2.54. The number of aliphatic hydroxyl groups excluding tert-OH is 1. The Morgan fingerprint density at radius 3 is 3.00 bits per heavy atom. The first-order valence-electron chi connectivity index (χ1n) is 5.36. The van der Waals surface area contributed by atoms with Crippen molar-refractivity contribution in [3.63, 3.8) is 0 Å². The van der Waals surface area contributed by atoms with Gasteiger partial charge in [0.1, 0.15) is 0 Å². The van der Waals surface area contributed by atoms with Crippen LogP contribution in [-0.4, -0.2) is 31.0 Å². The van der Waals surface area contributed by atoms with E-state index in [1.54, 1.807) is 18.2 Å². The number of hydrogen-bond donors (Lipinski definition) is 2. The topological polar surface area (TPSA) is 65.3 Å². The molecular formula is C12H15ClN2O2. The lowest BCUT2D eigenvalue weighted by Crippen LogP contribution is -2.24. The lowest BCUT2D eigenvalue weighted by Gasteiger charge is -2.13. The van der Waals surface area contributed by atoms with E-state index in [4.69, 9.17) is 21.6 Å². The summed E-state index contributed by atoms with van der Waals surface area (Å²) in [6, 6.07) is 6.97. The van der Waals surface area contributed by atoms with Crippen molar-refractivity contribution < 1.29 is 9.84 Å². The van der Waals surface area contributed by atoms with Crippen molar-refractivity contribution in [1.29, 1.82) is 5.26 Å². The first-order chi connectivity index (χ1) is 8.17. The number of hydrogen-bond acceptors (Lipinski definition) is 4. The summed E-state index contributed by atoms with van der Waals surface area (Å²) in [4.78, 5) is 0. The standard InChI is InChI=1S/C12H15ClN2O2/c1-2-17-8-10(16)7-15-12-5-9(6-14)3-4-11(12)13/h3-5,10,15-16H,2,7-8H2,1H3. The molecule has 0 amide bonds. The van der Waals surface area contributed by atoms with E-state index in [0.717, 1.165) is 0 Å². The van der Waals surface area contributed by atoms with E-state index < -0.39 is 6.10 Å². The van der Waals surface area contributed by atoms with Gasteiger partial charge in [-0.05, 0) is 25.1 Å². The molecule has 0 saturated carbocycles. The molecule has 0 fully saturated rings. The molecule has 5 heteroatoms. The average Bonchev–Trinajstić information content (AvgIpc) is 2.35. The molecule has 0 bridgehead atoms. The van der Waals surface area contributed by atoms with Gasteiger partial charge >= 0.3 is 0 Å². The largest absolute Gasteiger partial charge is 0.389 e. The number of nitrogens with one attached hydrogen (secondary N) is 1. The second kappa shape index (κ2) is 7.13. The van der Waals surface area contributed by atoms with Gasteiger partial charge in [-0.2, -0.15) is 5.26 Å². The second-order valence-electron chi connectivity index (χ2n) is 3.50. The van der Waals surface area contributed by atoms with Crippen molar-refractivity contribution in [1.82, 2.24) is 0 Å². The lowest BCUT2D eigenvalue weighted by molar-refractivity contribution is 0.0496. The van der Waals surface area contributed by atoms with Crippen molar-refractivity contribution in [2.75, 3.05) is 25.1 Å². The third-order valence-electron chi connectivity index (χ3n) is 2.14. The zero-order valence-electron chi connectivity index (χ0n) is 9.61. The number of nitrogens with zero attached hydrogens (tertiary/aromatic N) is 1. The Hall–Kier alpha value is -1.28. The second-order valence-corrected chi connectivity index (χ2v) is 3.91. The summed E-state index contributed by atoms with van der Waals surface area (Å²) in [5.41, 5.74) is 1.16. The van der Waals surface area contributed by atoms with Crippen LogP contribution in [0, 0.1) is 11.3 Å². The number of benzene rings is 1. The van der Waals surface area contributed by atoms with Crippen molar-refractivity contribution in [2.24, 2.45) is 0 Å². The van der Waals surface area contributed by atoms with Gasteiger partial charge in [0.05, 0.1) is 35.1 Å². The van der Waals surface area contributed by atoms with E-state index >= 15 is 0 Å². The highest BCUT2D eigenvalue weighted by Gasteiger charge is 2.06. The van der Waals surface area contributed by atoms with Gasteiger partial charge < -0.3 is 15.2 Å². The predicted octanol–water partition coefficient (Wildman–Crippen LogP) is 2.02. The lowest BCUT2D eigenvalue weighted by atomic mass is 10.2. The fourth-order valence-electron chi connectivity index (χ4n) is 1.27. The highest BCUT2D eigenvalue weighted by Crippen LogP contribution is 2.22. The molecule has 1 aromatic rings. The van der Waals surface area contributed by atoms with Crippen LogP contribution in [0.4, 0.5) is 5.69 Å². The smallest absolute Gasteiger partial charge is 0.0992 e. The molecule has 0 aliphatic carbocycles. The molecule has 4 nitrogen and oxygen atoms in total. The van der Waals surface area contributed by atoms with Gasteiger partial charge in [-0.1, -0.05) is 11.6 Å². The Morgan fingerprint density at radius 1 is 1.59 bits per heavy atom. The molecule has 0 aliphatic heterocycles. The third-order valence-corrected chi connectivity index (χ3v) is 2.47. The molecule has 17 heavy (non-hydrogen) atoms. The third kappa shape index (κ3) is 4.61. The summed E-state index contributed by atoms with van der Waals surface area (Å²) in [6.07, 6.45) is -0.600. The van der Waals surface area contributed by atoms with Crippen LogP contribution in [-0.2, 0) is 4.74 Å². The first-order valence-corrected chi connectivity index (χ1v) is 5.74. The van der Waals surface area contributed by atoms with Crippen molar-refractivity contribution in [3.05, 3.63) is 28.8 Å². The number of anilines is 1. The summed E-state index contributed by atoms with van der Waals surface area (Å²) >= 11 is 5.96. The van der Waals surface area contributed by atoms with Crippen LogP contribution in [0.25, 0.3) is 0 Å². The maximum Gasteiger partial charge on any atom is 0.0992 e. The molecule has 1 atom stereocenters. The van der Waals surface area contributed by atoms with Crippen molar-refractivity contribution >= 4 is 17.3 Å². The van der Waals surface area contributed by atoms with Gasteiger partial charge in [-0.3, -0.25) is 0 Å². The predicted molar refractivity (Wildman–Crippen MR) is 67.2 cm³/mol. The fourth-order valence-corrected chi connectivity index (χ4v) is 1.46. The Labute approximate surface area is 106 Å². The maximum atomic E-state index is 9.56. The summed E-state index contributed by atoms with van der Waals surface area (Å²) in [7, 11) is 0. The van der Waals surface area contributed by atoms with E-state index in [9.17, 15) is 5.11 Å². The van der Waals surface area contributed by atoms with Crippen LogP contribution < -0.4 is 5.32 Å². The molecule has 2 N–H and O–H groups in total. The molecule has 1 aromatic carbocycles. The van der Waals surface area contributed by atoms with Crippen molar-refractivity contribution in [3.8, 4) is 6.07 Å². The molecule has 1 rings (SSSR count). The van der Waals surface area contributed by atoms with E-state index in [1.165, 1.54) is 0 Å². The van der Waals surface area contributed by atoms with Gasteiger partial charge in [0.15, 0.2) is 0 Å². The van der Waals surface area contributed by atoms with Crippen molar-refractivity contribution in [2.45, 2.75) is 13.0 Å². The Kier molecular flexibility index (Phi) is 5.78. The minimum absolute atomic E-state index is 0.277. The Morgan fingerprint density at radius 2 is 2.35 bits per heavy atom. The average molecular weight is 255 g/mol. The Bertz CT molecular complexity index is 404. The van der Waals surface area contributed by atoms with Crippen LogP contribution in [0.1, 0.15) is 12.5 Å². The molecule has 0 saturated heterocycles. The summed E-state index contributed by atoms with van der Waals surface area (Å²) < 4.78 is 5.08. The molecule has 0 aliphatic rings. The van der Waals surface area contributed by atoms with Gasteiger partial charge in [-0.25, -0.2) is 0 Å². The van der Waals surface area contributed by atoms with E-state index in [1.807, 2.05) is 13.0 Å². The summed E-state index contributed by atoms with van der Waals surface area (Å²) in [5, 5.41) is 21.8. The summed E-state index contributed by atoms with van der Waals surface area (Å²) in [5.74, 6) is 0. The molecule has 92 valence electrons. The van der Waals surface area contributed by atoms with E-state index in [0.29, 0.717) is 29.4 Å². The van der Waals surface area contributed by atoms with Gasteiger partial charge in [0.25, 0.3) is 0 Å². The molecule has 0 aromatic heterocycles. The molecule has 0 heterocycles. The van der Waals surface area contributed by atoms with Crippen LogP contribution in [0.3, 0.4) is 0 Å². The number of aliphatic hydroxyl groups is 1. The molecule has 1 unspecified atom stereocenters. The van der Waals surface area contributed by atoms with Crippen LogP contribution in [0.5, 0.6) is 0 Å². The number of nitriles is 1. The zero-order chi connectivity index (χ0) is 12.7. The van der Waals surface area contributed by atoms with E-state index in [-0.39, 0.29) is 6.61 Å². The van der Waals surface area contributed by atoms with Gasteiger partial charge in [0, 0.05) is 13.2 Å². The minimum atomic E-state index is -0.600. The monoisotopic (exact) mass is 254 g/mol. The van der Waals surface area contributed by atoms with Gasteiger partial charge in [-0.15, -0.1) is 0 Å². The molecule has 0 radical (unpaired) electrons. The summed E-state index contributed by atoms with van der Waals surface area (Å²) in [6.45, 7) is 3.04. The molecule has 0 spiro atoms. The SMILES string of the molecule is CCOCC(O)CNc1cc(C#N)ccc1Cl. The quantitative estimate of drug-likeness (QED) is 0.815. The normalized spacial score (nSPS) is 11.9. The number of halogens is 1. The van der Waals surface area contributed by atoms with Crippen LogP contribution in [0.2, 0.25) is 5.02 Å². The van der Waals surface area contributed by atoms with Crippen LogP contribution >= 0.6 is 11.6 Å². The van der Waals surface area contributed by atoms with Crippen LogP contribution in [0.15, 0.2) is 18.2 Å². The zero-order valence-corrected chi connectivity index (χ0v) is 10.4. The fraction of sp³-hybridized carbons (Fsp3) is 0.417. The number of ether oxygens (including phenoxy) is 1. The number of rotatable bonds is 6. The highest BCUT2D eigenvalue weighted by atomic mass is 35.5. The van der Waals surface area contributed by atoms with E-state index in [2.05, 4.69) is 5.32 Å². The van der Waals surface area contributed by atoms with Gasteiger partial charge in [0.2, 0.25) is 0 Å². The first kappa shape index (κ1) is 13.8.